The smallest absolute Gasteiger partial charge is 0.0443 e. The lowest BCUT2D eigenvalue weighted by molar-refractivity contribution is 0.264. The molecule has 1 nitrogen and oxygen atoms in total. The van der Waals surface area contributed by atoms with Gasteiger partial charge in [-0.2, -0.15) is 0 Å². The Balaban J connectivity index is 3.69. The average molecular weight is 190 g/mol. The van der Waals surface area contributed by atoms with Crippen molar-refractivity contribution in [1.82, 2.24) is 4.90 Å². The number of nitrogens with zero attached hydrogens (tertiary/aromatic N) is 1. The second-order valence-electron chi connectivity index (χ2n) is 3.44. The topological polar surface area (TPSA) is 3.24 Å². The third-order valence-electron chi connectivity index (χ3n) is 2.12. The van der Waals surface area contributed by atoms with Gasteiger partial charge in [0.1, 0.15) is 0 Å². The molecule has 0 aliphatic heterocycles. The third-order valence-corrected chi connectivity index (χ3v) is 2.50. The number of hydrogen-bond acceptors (Lipinski definition) is 1. The van der Waals surface area contributed by atoms with E-state index in [4.69, 9.17) is 11.6 Å². The SMILES string of the molecule is C=C(CCl)CN(C)C(C)CCC. The molecule has 0 aliphatic carbocycles. The van der Waals surface area contributed by atoms with Crippen LogP contribution in [-0.2, 0) is 0 Å². The van der Waals surface area contributed by atoms with E-state index in [1.165, 1.54) is 12.8 Å². The highest BCUT2D eigenvalue weighted by Crippen LogP contribution is 2.06. The Morgan fingerprint density at radius 1 is 1.58 bits per heavy atom. The van der Waals surface area contributed by atoms with Crippen LogP contribution in [0.25, 0.3) is 0 Å². The molecule has 0 rings (SSSR count). The first-order valence-corrected chi connectivity index (χ1v) is 5.08. The highest BCUT2D eigenvalue weighted by molar-refractivity contribution is 6.19. The van der Waals surface area contributed by atoms with Gasteiger partial charge in [-0.3, -0.25) is 4.90 Å². The molecule has 2 heteroatoms. The minimum atomic E-state index is 0.573. The second kappa shape index (κ2) is 6.50. The molecule has 72 valence electrons. The summed E-state index contributed by atoms with van der Waals surface area (Å²) in [5.74, 6) is 0.573. The fourth-order valence-corrected chi connectivity index (χ4v) is 1.27. The summed E-state index contributed by atoms with van der Waals surface area (Å²) in [5.41, 5.74) is 1.10. The van der Waals surface area contributed by atoms with Gasteiger partial charge in [-0.25, -0.2) is 0 Å². The molecule has 0 spiro atoms. The summed E-state index contributed by atoms with van der Waals surface area (Å²) in [6, 6.07) is 0.634. The predicted molar refractivity (Wildman–Crippen MR) is 56.9 cm³/mol. The number of hydrogen-bond donors (Lipinski definition) is 0. The highest BCUT2D eigenvalue weighted by Gasteiger charge is 2.07. The zero-order valence-electron chi connectivity index (χ0n) is 8.44. The highest BCUT2D eigenvalue weighted by atomic mass is 35.5. The molecule has 0 aliphatic rings. The van der Waals surface area contributed by atoms with Gasteiger partial charge < -0.3 is 0 Å². The Kier molecular flexibility index (Phi) is 6.49. The van der Waals surface area contributed by atoms with Crippen LogP contribution in [0.15, 0.2) is 12.2 Å². The molecule has 0 aromatic heterocycles. The summed E-state index contributed by atoms with van der Waals surface area (Å²) < 4.78 is 0. The molecular formula is C10H20ClN. The van der Waals surface area contributed by atoms with Gasteiger partial charge in [0.25, 0.3) is 0 Å². The number of likely N-dealkylation sites (N-methyl/N-ethyl adjacent to an activating group) is 1. The first-order valence-electron chi connectivity index (χ1n) is 4.54. The Hall–Kier alpha value is -0.0100. The van der Waals surface area contributed by atoms with Crippen molar-refractivity contribution in [1.29, 1.82) is 0 Å². The van der Waals surface area contributed by atoms with Crippen molar-refractivity contribution < 1.29 is 0 Å². The van der Waals surface area contributed by atoms with Gasteiger partial charge in [-0.05, 0) is 26.0 Å². The first kappa shape index (κ1) is 12.0. The van der Waals surface area contributed by atoms with Crippen molar-refractivity contribution in [3.05, 3.63) is 12.2 Å². The molecule has 0 aromatic rings. The Morgan fingerprint density at radius 3 is 2.58 bits per heavy atom. The Labute approximate surface area is 81.4 Å². The summed E-state index contributed by atoms with van der Waals surface area (Å²) in [6.07, 6.45) is 2.48. The van der Waals surface area contributed by atoms with E-state index < -0.39 is 0 Å². The minimum Gasteiger partial charge on any atom is -0.300 e. The molecule has 0 heterocycles. The van der Waals surface area contributed by atoms with Crippen LogP contribution in [-0.4, -0.2) is 30.4 Å². The standard InChI is InChI=1S/C10H20ClN/c1-5-6-10(3)12(4)8-9(2)7-11/h10H,2,5-8H2,1,3-4H3. The largest absolute Gasteiger partial charge is 0.300 e. The summed E-state index contributed by atoms with van der Waals surface area (Å²) >= 11 is 5.65. The van der Waals surface area contributed by atoms with E-state index in [2.05, 4.69) is 32.4 Å². The van der Waals surface area contributed by atoms with Crippen LogP contribution in [0.4, 0.5) is 0 Å². The van der Waals surface area contributed by atoms with Crippen molar-refractivity contribution in [3.63, 3.8) is 0 Å². The van der Waals surface area contributed by atoms with E-state index in [9.17, 15) is 0 Å². The van der Waals surface area contributed by atoms with Gasteiger partial charge in [-0.1, -0.05) is 19.9 Å². The van der Waals surface area contributed by atoms with Crippen molar-refractivity contribution in [2.45, 2.75) is 32.7 Å². The van der Waals surface area contributed by atoms with Crippen LogP contribution >= 0.6 is 11.6 Å². The third kappa shape index (κ3) is 4.78. The Morgan fingerprint density at radius 2 is 2.17 bits per heavy atom. The lowest BCUT2D eigenvalue weighted by Crippen LogP contribution is -2.30. The van der Waals surface area contributed by atoms with Gasteiger partial charge in [-0.15, -0.1) is 11.6 Å². The van der Waals surface area contributed by atoms with E-state index in [1.807, 2.05) is 0 Å². The molecular weight excluding hydrogens is 170 g/mol. The molecule has 0 bridgehead atoms. The zero-order valence-corrected chi connectivity index (χ0v) is 9.19. The molecule has 0 N–H and O–H groups in total. The van der Waals surface area contributed by atoms with Gasteiger partial charge in [0.05, 0.1) is 0 Å². The van der Waals surface area contributed by atoms with Crippen LogP contribution in [0.1, 0.15) is 26.7 Å². The Bertz CT molecular complexity index is 134. The molecule has 1 unspecified atom stereocenters. The molecule has 1 atom stereocenters. The number of rotatable bonds is 6. The van der Waals surface area contributed by atoms with E-state index in [1.54, 1.807) is 0 Å². The summed E-state index contributed by atoms with van der Waals surface area (Å²) in [4.78, 5) is 2.30. The lowest BCUT2D eigenvalue weighted by atomic mass is 10.1. The van der Waals surface area contributed by atoms with Crippen LogP contribution in [0.5, 0.6) is 0 Å². The normalized spacial score (nSPS) is 13.4. The average Bonchev–Trinajstić information content (AvgIpc) is 2.04. The maximum atomic E-state index is 5.65. The summed E-state index contributed by atoms with van der Waals surface area (Å²) in [6.45, 7) is 9.25. The van der Waals surface area contributed by atoms with Crippen molar-refractivity contribution >= 4 is 11.6 Å². The van der Waals surface area contributed by atoms with Gasteiger partial charge in [0.15, 0.2) is 0 Å². The summed E-state index contributed by atoms with van der Waals surface area (Å²) in [7, 11) is 2.12. The summed E-state index contributed by atoms with van der Waals surface area (Å²) in [5, 5.41) is 0. The van der Waals surface area contributed by atoms with E-state index in [0.29, 0.717) is 11.9 Å². The number of alkyl halides is 1. The van der Waals surface area contributed by atoms with Gasteiger partial charge in [0, 0.05) is 18.5 Å². The fourth-order valence-electron chi connectivity index (χ4n) is 1.19. The van der Waals surface area contributed by atoms with Crippen LogP contribution in [0.2, 0.25) is 0 Å². The van der Waals surface area contributed by atoms with Crippen molar-refractivity contribution in [2.75, 3.05) is 19.5 Å². The molecule has 0 saturated heterocycles. The molecule has 0 amide bonds. The van der Waals surface area contributed by atoms with E-state index in [0.717, 1.165) is 12.1 Å². The molecule has 0 radical (unpaired) electrons. The van der Waals surface area contributed by atoms with Crippen molar-refractivity contribution in [2.24, 2.45) is 0 Å². The van der Waals surface area contributed by atoms with E-state index >= 15 is 0 Å². The monoisotopic (exact) mass is 189 g/mol. The second-order valence-corrected chi connectivity index (χ2v) is 3.70. The first-order chi connectivity index (χ1) is 5.61. The maximum absolute atomic E-state index is 5.65. The zero-order chi connectivity index (χ0) is 9.56. The number of halogens is 1. The maximum Gasteiger partial charge on any atom is 0.0443 e. The lowest BCUT2D eigenvalue weighted by Gasteiger charge is -2.24. The minimum absolute atomic E-state index is 0.573. The molecule has 12 heavy (non-hydrogen) atoms. The van der Waals surface area contributed by atoms with Crippen LogP contribution in [0, 0.1) is 0 Å². The molecule has 0 fully saturated rings. The predicted octanol–water partition coefficient (Wildman–Crippen LogP) is 2.90. The van der Waals surface area contributed by atoms with Gasteiger partial charge in [0.2, 0.25) is 0 Å². The quantitative estimate of drug-likeness (QED) is 0.459. The molecule has 0 aromatic carbocycles. The van der Waals surface area contributed by atoms with Crippen LogP contribution in [0.3, 0.4) is 0 Å². The molecule has 0 saturated carbocycles. The van der Waals surface area contributed by atoms with Crippen molar-refractivity contribution in [3.8, 4) is 0 Å². The fraction of sp³-hybridized carbons (Fsp3) is 0.800. The van der Waals surface area contributed by atoms with Crippen LogP contribution < -0.4 is 0 Å². The van der Waals surface area contributed by atoms with E-state index in [-0.39, 0.29) is 0 Å². The van der Waals surface area contributed by atoms with Gasteiger partial charge >= 0.3 is 0 Å².